The first-order valence-corrected chi connectivity index (χ1v) is 13.2. The lowest BCUT2D eigenvalue weighted by Crippen LogP contribution is -2.27. The molecule has 8 nitrogen and oxygen atoms in total. The molecule has 2 aromatic heterocycles. The van der Waals surface area contributed by atoms with Crippen LogP contribution in [0.2, 0.25) is 0 Å². The van der Waals surface area contributed by atoms with E-state index in [1.165, 1.54) is 17.3 Å². The predicted octanol–water partition coefficient (Wildman–Crippen LogP) is 4.61. The van der Waals surface area contributed by atoms with Crippen LogP contribution < -0.4 is 4.74 Å². The van der Waals surface area contributed by atoms with Crippen LogP contribution in [-0.4, -0.2) is 55.2 Å². The first kappa shape index (κ1) is 25.0. The van der Waals surface area contributed by atoms with Gasteiger partial charge in [-0.15, -0.1) is 10.2 Å². The number of rotatable bonds is 11. The maximum atomic E-state index is 12.8. The maximum Gasteiger partial charge on any atom is 0.270 e. The Morgan fingerprint density at radius 2 is 1.89 bits per heavy atom. The van der Waals surface area contributed by atoms with Gasteiger partial charge in [0, 0.05) is 31.4 Å². The number of benzene rings is 1. The summed E-state index contributed by atoms with van der Waals surface area (Å²) >= 11 is 1.36. The van der Waals surface area contributed by atoms with Crippen molar-refractivity contribution >= 4 is 23.5 Å². The summed E-state index contributed by atoms with van der Waals surface area (Å²) in [7, 11) is 0. The molecule has 0 bridgehead atoms. The molecule has 0 radical (unpaired) electrons. The molecule has 1 aliphatic heterocycles. The second-order valence-corrected chi connectivity index (χ2v) is 10.1. The predicted molar refractivity (Wildman–Crippen MR) is 136 cm³/mol. The summed E-state index contributed by atoms with van der Waals surface area (Å²) in [6, 6.07) is 9.72. The van der Waals surface area contributed by atoms with E-state index in [1.54, 1.807) is 12.3 Å². The van der Waals surface area contributed by atoms with Gasteiger partial charge in [0.05, 0.1) is 5.75 Å². The molecule has 9 heteroatoms. The quantitative estimate of drug-likeness (QED) is 0.308. The third-order valence-electron chi connectivity index (χ3n) is 6.00. The number of aryl methyl sites for hydroxylation is 1. The van der Waals surface area contributed by atoms with Crippen molar-refractivity contribution in [1.29, 1.82) is 0 Å². The number of amides is 1. The lowest BCUT2D eigenvalue weighted by molar-refractivity contribution is 0.0787. The van der Waals surface area contributed by atoms with Crippen molar-refractivity contribution in [3.05, 3.63) is 59.2 Å². The number of aromatic amines is 1. The summed E-state index contributed by atoms with van der Waals surface area (Å²) in [4.78, 5) is 30.2. The Kier molecular flexibility index (Phi) is 8.28. The van der Waals surface area contributed by atoms with Crippen molar-refractivity contribution in [2.75, 3.05) is 18.8 Å². The minimum Gasteiger partial charge on any atom is -0.486 e. The van der Waals surface area contributed by atoms with Gasteiger partial charge in [-0.25, -0.2) is 0 Å². The van der Waals surface area contributed by atoms with E-state index in [9.17, 15) is 9.59 Å². The number of ether oxygens (including phenoxy) is 1. The van der Waals surface area contributed by atoms with Gasteiger partial charge in [0.15, 0.2) is 16.8 Å². The monoisotopic (exact) mass is 495 g/mol. The first-order valence-electron chi connectivity index (χ1n) is 12.2. The van der Waals surface area contributed by atoms with Crippen molar-refractivity contribution < 1.29 is 14.3 Å². The van der Waals surface area contributed by atoms with Crippen molar-refractivity contribution in [2.45, 2.75) is 58.3 Å². The Labute approximate surface area is 210 Å². The molecule has 186 valence electrons. The van der Waals surface area contributed by atoms with Crippen molar-refractivity contribution in [3.63, 3.8) is 0 Å². The molecule has 1 saturated heterocycles. The van der Waals surface area contributed by atoms with Gasteiger partial charge in [-0.3, -0.25) is 9.59 Å². The van der Waals surface area contributed by atoms with E-state index in [2.05, 4.69) is 48.1 Å². The number of aromatic nitrogens is 4. The van der Waals surface area contributed by atoms with E-state index in [0.717, 1.165) is 50.5 Å². The summed E-state index contributed by atoms with van der Waals surface area (Å²) in [5.41, 5.74) is 2.24. The largest absolute Gasteiger partial charge is 0.486 e. The number of nitrogens with zero attached hydrogens (tertiary/aromatic N) is 4. The molecule has 0 saturated carbocycles. The Morgan fingerprint density at radius 3 is 2.57 bits per heavy atom. The molecule has 1 aliphatic rings. The third kappa shape index (κ3) is 6.33. The Morgan fingerprint density at radius 1 is 1.14 bits per heavy atom. The van der Waals surface area contributed by atoms with Crippen molar-refractivity contribution in [1.82, 2.24) is 24.6 Å². The second-order valence-electron chi connectivity index (χ2n) is 9.20. The number of carbonyl (C=O) groups is 2. The molecule has 1 aromatic carbocycles. The van der Waals surface area contributed by atoms with Gasteiger partial charge < -0.3 is 19.2 Å². The fourth-order valence-electron chi connectivity index (χ4n) is 4.03. The molecule has 4 rings (SSSR count). The highest BCUT2D eigenvalue weighted by Crippen LogP contribution is 2.22. The van der Waals surface area contributed by atoms with Crippen LogP contribution in [0.1, 0.15) is 65.8 Å². The highest BCUT2D eigenvalue weighted by Gasteiger charge is 2.22. The van der Waals surface area contributed by atoms with E-state index in [0.29, 0.717) is 28.9 Å². The fourth-order valence-corrected chi connectivity index (χ4v) is 4.89. The van der Waals surface area contributed by atoms with Gasteiger partial charge in [-0.2, -0.15) is 0 Å². The van der Waals surface area contributed by atoms with Crippen molar-refractivity contribution in [2.24, 2.45) is 5.92 Å². The van der Waals surface area contributed by atoms with E-state index >= 15 is 0 Å². The number of hydrogen-bond acceptors (Lipinski definition) is 6. The number of nitrogens with one attached hydrogen (secondary N) is 1. The topological polar surface area (TPSA) is 93.1 Å². The van der Waals surface area contributed by atoms with Crippen molar-refractivity contribution in [3.8, 4) is 5.75 Å². The molecular formula is C26H33N5O3S. The molecule has 1 fully saturated rings. The van der Waals surface area contributed by atoms with E-state index in [4.69, 9.17) is 4.74 Å². The van der Waals surface area contributed by atoms with E-state index < -0.39 is 0 Å². The zero-order chi connectivity index (χ0) is 24.8. The zero-order valence-electron chi connectivity index (χ0n) is 20.6. The van der Waals surface area contributed by atoms with Gasteiger partial charge in [0.2, 0.25) is 0 Å². The summed E-state index contributed by atoms with van der Waals surface area (Å²) in [6.07, 6.45) is 4.67. The minimum absolute atomic E-state index is 0.0418. The summed E-state index contributed by atoms with van der Waals surface area (Å²) < 4.78 is 7.98. The number of carbonyl (C=O) groups excluding carboxylic acids is 2. The first-order chi connectivity index (χ1) is 16.9. The Balaban J connectivity index is 1.38. The summed E-state index contributed by atoms with van der Waals surface area (Å²) in [5.74, 6) is 2.02. The third-order valence-corrected chi connectivity index (χ3v) is 6.97. The number of hydrogen-bond donors (Lipinski definition) is 1. The highest BCUT2D eigenvalue weighted by molar-refractivity contribution is 7.99. The smallest absolute Gasteiger partial charge is 0.270 e. The average Bonchev–Trinajstić information content (AvgIpc) is 3.63. The van der Waals surface area contributed by atoms with Crippen LogP contribution in [0.15, 0.2) is 41.7 Å². The number of likely N-dealkylation sites (tertiary alicyclic amines) is 1. The van der Waals surface area contributed by atoms with E-state index in [-0.39, 0.29) is 17.4 Å². The average molecular weight is 496 g/mol. The Bertz CT molecular complexity index is 1150. The van der Waals surface area contributed by atoms with Crippen LogP contribution in [0.25, 0.3) is 0 Å². The minimum atomic E-state index is -0.0559. The number of ketones is 1. The molecule has 3 heterocycles. The number of H-pyrrole nitrogens is 1. The van der Waals surface area contributed by atoms with Crippen LogP contribution in [0, 0.1) is 5.92 Å². The molecule has 1 amide bonds. The van der Waals surface area contributed by atoms with Crippen LogP contribution in [0.3, 0.4) is 0 Å². The standard InChI is InChI=1S/C26H33N5O3S/c1-4-19-7-9-21(10-8-19)34-16-24-28-29-26(31(24)15-18(2)3)35-17-23(32)20-13-22(27-14-20)25(33)30-11-5-6-12-30/h7-10,13-14,18,27H,4-6,11-12,15-17H2,1-3H3. The normalized spacial score (nSPS) is 13.5. The molecule has 0 atom stereocenters. The molecule has 35 heavy (non-hydrogen) atoms. The lowest BCUT2D eigenvalue weighted by atomic mass is 10.2. The van der Waals surface area contributed by atoms with Gasteiger partial charge >= 0.3 is 0 Å². The number of thioether (sulfide) groups is 1. The van der Waals surface area contributed by atoms with Gasteiger partial charge in [0.1, 0.15) is 18.1 Å². The van der Waals surface area contributed by atoms with E-state index in [1.807, 2.05) is 21.6 Å². The Hall–Kier alpha value is -3.07. The summed E-state index contributed by atoms with van der Waals surface area (Å²) in [5, 5.41) is 9.37. The highest BCUT2D eigenvalue weighted by atomic mass is 32.2. The zero-order valence-corrected chi connectivity index (χ0v) is 21.4. The van der Waals surface area contributed by atoms with Crippen LogP contribution in [0.5, 0.6) is 5.75 Å². The molecule has 1 N–H and O–H groups in total. The number of Topliss-reactive ketones (excluding diaryl/α,β-unsaturated/α-hetero) is 1. The fraction of sp³-hybridized carbons (Fsp3) is 0.462. The van der Waals surface area contributed by atoms with Gasteiger partial charge in [-0.05, 0) is 48.9 Å². The maximum absolute atomic E-state index is 12.8. The molecule has 3 aromatic rings. The van der Waals surface area contributed by atoms with Gasteiger partial charge in [0.25, 0.3) is 5.91 Å². The molecule has 0 spiro atoms. The van der Waals surface area contributed by atoms with Crippen LogP contribution >= 0.6 is 11.8 Å². The lowest BCUT2D eigenvalue weighted by Gasteiger charge is -2.13. The molecular weight excluding hydrogens is 462 g/mol. The summed E-state index contributed by atoms with van der Waals surface area (Å²) in [6.45, 7) is 8.97. The van der Waals surface area contributed by atoms with Gasteiger partial charge in [-0.1, -0.05) is 44.7 Å². The molecule has 0 unspecified atom stereocenters. The van der Waals surface area contributed by atoms with Crippen LogP contribution in [-0.2, 0) is 19.6 Å². The second kappa shape index (κ2) is 11.6. The molecule has 0 aliphatic carbocycles. The SMILES string of the molecule is CCc1ccc(OCc2nnc(SCC(=O)c3c[nH]c(C(=O)N4CCCC4)c3)n2CC(C)C)cc1. The van der Waals surface area contributed by atoms with Crippen LogP contribution in [0.4, 0.5) is 0 Å².